The maximum atomic E-state index is 6.27. The van der Waals surface area contributed by atoms with Crippen LogP contribution in [0, 0.1) is 0 Å². The quantitative estimate of drug-likeness (QED) is 0.0761. The minimum Gasteiger partial charge on any atom is -0.436 e. The number of benzene rings is 4. The van der Waals surface area contributed by atoms with Crippen LogP contribution in [0.25, 0.3) is 57.3 Å². The van der Waals surface area contributed by atoms with E-state index in [0.29, 0.717) is 11.8 Å². The van der Waals surface area contributed by atoms with Gasteiger partial charge in [-0.15, -0.1) is 0 Å². The molecule has 4 heteroatoms. The average Bonchev–Trinajstić information content (AvgIpc) is 3.77. The third kappa shape index (κ3) is 9.84. The van der Waals surface area contributed by atoms with Gasteiger partial charge in [-0.2, -0.15) is 0 Å². The van der Waals surface area contributed by atoms with E-state index in [1.807, 2.05) is 24.3 Å². The average molecular weight is 667 g/mol. The molecule has 0 radical (unpaired) electrons. The van der Waals surface area contributed by atoms with Crippen molar-refractivity contribution in [2.75, 3.05) is 0 Å². The van der Waals surface area contributed by atoms with E-state index >= 15 is 0 Å². The summed E-state index contributed by atoms with van der Waals surface area (Å²) < 4.78 is 12.5. The van der Waals surface area contributed by atoms with Crippen LogP contribution in [0.15, 0.2) is 81.6 Å². The smallest absolute Gasteiger partial charge is 0.220 e. The molecule has 0 atom stereocenters. The highest BCUT2D eigenvalue weighted by Gasteiger charge is 2.14. The van der Waals surface area contributed by atoms with E-state index in [1.54, 1.807) is 0 Å². The molecule has 0 amide bonds. The number of rotatable bonds is 20. The van der Waals surface area contributed by atoms with E-state index in [1.165, 1.54) is 101 Å². The number of unbranched alkanes of at least 4 members (excludes halogenated alkanes) is 12. The van der Waals surface area contributed by atoms with Gasteiger partial charge in [-0.25, -0.2) is 9.97 Å². The van der Waals surface area contributed by atoms with Crippen LogP contribution in [0.3, 0.4) is 0 Å². The molecule has 260 valence electrons. The van der Waals surface area contributed by atoms with Crippen molar-refractivity contribution >= 4 is 57.3 Å². The molecule has 0 bridgehead atoms. The molecule has 50 heavy (non-hydrogen) atoms. The zero-order chi connectivity index (χ0) is 34.4. The number of fused-ring (bicyclic) bond motifs is 5. The summed E-state index contributed by atoms with van der Waals surface area (Å²) in [6.07, 6.45) is 29.1. The van der Waals surface area contributed by atoms with Crippen LogP contribution in [-0.2, 0) is 12.8 Å². The van der Waals surface area contributed by atoms with E-state index < -0.39 is 0 Å². The summed E-state index contributed by atoms with van der Waals surface area (Å²) in [5.41, 5.74) is 8.29. The first-order valence-electron chi connectivity index (χ1n) is 19.4. The molecule has 0 fully saturated rings. The first-order valence-corrected chi connectivity index (χ1v) is 19.4. The molecule has 6 rings (SSSR count). The molecule has 0 saturated carbocycles. The first-order chi connectivity index (χ1) is 24.7. The van der Waals surface area contributed by atoms with E-state index in [4.69, 9.17) is 18.8 Å². The highest BCUT2D eigenvalue weighted by atomic mass is 16.4. The van der Waals surface area contributed by atoms with Crippen molar-refractivity contribution in [3.63, 3.8) is 0 Å². The Bertz CT molecular complexity index is 1830. The van der Waals surface area contributed by atoms with Crippen molar-refractivity contribution in [2.45, 2.75) is 117 Å². The zero-order valence-electron chi connectivity index (χ0n) is 30.3. The predicted molar refractivity (Wildman–Crippen MR) is 213 cm³/mol. The summed E-state index contributed by atoms with van der Waals surface area (Å²) in [5, 5.41) is 1.94. The van der Waals surface area contributed by atoms with Gasteiger partial charge in [0, 0.05) is 22.9 Å². The Kier molecular flexibility index (Phi) is 13.1. The van der Waals surface area contributed by atoms with Crippen molar-refractivity contribution in [3.05, 3.63) is 107 Å². The molecule has 2 aromatic heterocycles. The Morgan fingerprint density at radius 2 is 0.800 bits per heavy atom. The fourth-order valence-electron chi connectivity index (χ4n) is 6.85. The van der Waals surface area contributed by atoms with Crippen LogP contribution in [0.5, 0.6) is 0 Å². The highest BCUT2D eigenvalue weighted by Crippen LogP contribution is 2.33. The van der Waals surface area contributed by atoms with Gasteiger partial charge in [0.05, 0.1) is 0 Å². The number of aromatic nitrogens is 2. The number of aryl methyl sites for hydroxylation is 2. The van der Waals surface area contributed by atoms with Gasteiger partial charge < -0.3 is 8.83 Å². The molecule has 0 unspecified atom stereocenters. The standard InChI is InChI=1S/C46H54N2O2/c1-3-5-7-9-11-13-15-17-35-19-23-37(24-20-35)27-33-43-47-41-31-29-40-39(45(41)49-43)30-32-42-46(40)50-44(48-42)34-28-38-25-21-36(22-26-38)18-16-14-12-10-8-6-4-2/h19-34H,3-18H2,1-2H3/b33-27+,34-28+. The second-order valence-electron chi connectivity index (χ2n) is 13.9. The SMILES string of the molecule is CCCCCCCCCc1ccc(/C=C/c2nc3ccc4c(ccc5nc(/C=C/c6ccc(CCCCCCCCC)cc6)oc54)c3o2)cc1. The largest absolute Gasteiger partial charge is 0.436 e. The lowest BCUT2D eigenvalue weighted by molar-refractivity contribution is 0.589. The van der Waals surface area contributed by atoms with Gasteiger partial charge in [-0.05, 0) is 84.4 Å². The van der Waals surface area contributed by atoms with Gasteiger partial charge in [0.25, 0.3) is 0 Å². The Balaban J connectivity index is 1.05. The normalized spacial score (nSPS) is 12.1. The molecular weight excluding hydrogens is 613 g/mol. The molecule has 2 heterocycles. The van der Waals surface area contributed by atoms with Gasteiger partial charge in [0.1, 0.15) is 11.0 Å². The minimum absolute atomic E-state index is 0.592. The fourth-order valence-corrected chi connectivity index (χ4v) is 6.85. The van der Waals surface area contributed by atoms with Crippen molar-refractivity contribution < 1.29 is 8.83 Å². The maximum Gasteiger partial charge on any atom is 0.220 e. The van der Waals surface area contributed by atoms with Gasteiger partial charge in [-0.1, -0.05) is 139 Å². The van der Waals surface area contributed by atoms with Crippen LogP contribution in [0.1, 0.15) is 138 Å². The number of nitrogens with zero attached hydrogens (tertiary/aromatic N) is 2. The Labute approximate surface area is 298 Å². The Morgan fingerprint density at radius 1 is 0.420 bits per heavy atom. The summed E-state index contributed by atoms with van der Waals surface area (Å²) in [5.74, 6) is 1.18. The van der Waals surface area contributed by atoms with Crippen molar-refractivity contribution in [2.24, 2.45) is 0 Å². The molecular formula is C46H54N2O2. The van der Waals surface area contributed by atoms with Gasteiger partial charge in [0.2, 0.25) is 11.8 Å². The van der Waals surface area contributed by atoms with E-state index in [9.17, 15) is 0 Å². The summed E-state index contributed by atoms with van der Waals surface area (Å²) in [6, 6.07) is 25.8. The van der Waals surface area contributed by atoms with Crippen molar-refractivity contribution in [1.29, 1.82) is 0 Å². The lowest BCUT2D eigenvalue weighted by atomic mass is 10.0. The van der Waals surface area contributed by atoms with Gasteiger partial charge in [0.15, 0.2) is 11.2 Å². The lowest BCUT2D eigenvalue weighted by Gasteiger charge is -2.03. The lowest BCUT2D eigenvalue weighted by Crippen LogP contribution is -1.86. The Hall–Kier alpha value is -4.44. The third-order valence-electron chi connectivity index (χ3n) is 9.87. The maximum absolute atomic E-state index is 6.27. The first kappa shape index (κ1) is 35.4. The third-order valence-corrected chi connectivity index (χ3v) is 9.87. The second kappa shape index (κ2) is 18.5. The van der Waals surface area contributed by atoms with Crippen molar-refractivity contribution in [3.8, 4) is 0 Å². The summed E-state index contributed by atoms with van der Waals surface area (Å²) >= 11 is 0. The van der Waals surface area contributed by atoms with Crippen LogP contribution >= 0.6 is 0 Å². The molecule has 0 aliphatic carbocycles. The molecule has 4 aromatic carbocycles. The number of hydrogen-bond donors (Lipinski definition) is 0. The van der Waals surface area contributed by atoms with Crippen LogP contribution < -0.4 is 0 Å². The Morgan fingerprint density at radius 3 is 1.20 bits per heavy atom. The summed E-state index contributed by atoms with van der Waals surface area (Å²) in [7, 11) is 0. The van der Waals surface area contributed by atoms with Crippen molar-refractivity contribution in [1.82, 2.24) is 9.97 Å². The predicted octanol–water partition coefficient (Wildman–Crippen LogP) is 14.0. The molecule has 0 aliphatic rings. The topological polar surface area (TPSA) is 52.1 Å². The van der Waals surface area contributed by atoms with E-state index in [2.05, 4.69) is 86.7 Å². The van der Waals surface area contributed by atoms with Crippen LogP contribution in [0.4, 0.5) is 0 Å². The van der Waals surface area contributed by atoms with E-state index in [0.717, 1.165) is 56.9 Å². The zero-order valence-corrected chi connectivity index (χ0v) is 30.3. The highest BCUT2D eigenvalue weighted by molar-refractivity contribution is 6.12. The van der Waals surface area contributed by atoms with Gasteiger partial charge in [-0.3, -0.25) is 0 Å². The molecule has 4 nitrogen and oxygen atoms in total. The number of hydrogen-bond acceptors (Lipinski definition) is 4. The van der Waals surface area contributed by atoms with Crippen LogP contribution in [-0.4, -0.2) is 9.97 Å². The fraction of sp³-hybridized carbons (Fsp3) is 0.391. The van der Waals surface area contributed by atoms with E-state index in [-0.39, 0.29) is 0 Å². The minimum atomic E-state index is 0.592. The number of oxazole rings is 2. The monoisotopic (exact) mass is 666 g/mol. The summed E-state index contributed by atoms with van der Waals surface area (Å²) in [6.45, 7) is 4.55. The molecule has 0 N–H and O–H groups in total. The summed E-state index contributed by atoms with van der Waals surface area (Å²) in [4.78, 5) is 9.50. The van der Waals surface area contributed by atoms with Crippen LogP contribution in [0.2, 0.25) is 0 Å². The molecule has 0 saturated heterocycles. The second-order valence-corrected chi connectivity index (χ2v) is 13.9. The molecule has 0 aliphatic heterocycles. The molecule has 0 spiro atoms. The van der Waals surface area contributed by atoms with Gasteiger partial charge >= 0.3 is 0 Å². The molecule has 6 aromatic rings.